The van der Waals surface area contributed by atoms with Crippen LogP contribution in [0.15, 0.2) is 4.63 Å². The molecule has 1 aromatic rings. The fourth-order valence-corrected chi connectivity index (χ4v) is 0.855. The van der Waals surface area contributed by atoms with E-state index in [0.717, 1.165) is 0 Å². The zero-order valence-electron chi connectivity index (χ0n) is 8.50. The molecule has 0 radical (unpaired) electrons. The van der Waals surface area contributed by atoms with Crippen LogP contribution in [0.2, 0.25) is 0 Å². The SMILES string of the molecule is Cc1nonc1C(=O)NC(C)(C)CN. The summed E-state index contributed by atoms with van der Waals surface area (Å²) in [5, 5.41) is 9.73. The summed E-state index contributed by atoms with van der Waals surface area (Å²) in [4.78, 5) is 11.6. The van der Waals surface area contributed by atoms with Gasteiger partial charge in [-0.15, -0.1) is 0 Å². The Morgan fingerprint density at radius 2 is 2.21 bits per heavy atom. The van der Waals surface area contributed by atoms with Gasteiger partial charge < -0.3 is 11.1 Å². The summed E-state index contributed by atoms with van der Waals surface area (Å²) in [7, 11) is 0. The first kappa shape index (κ1) is 10.6. The molecule has 1 rings (SSSR count). The van der Waals surface area contributed by atoms with Crippen molar-refractivity contribution < 1.29 is 9.42 Å². The van der Waals surface area contributed by atoms with E-state index in [1.807, 2.05) is 13.8 Å². The molecule has 0 spiro atoms. The smallest absolute Gasteiger partial charge is 0.275 e. The highest BCUT2D eigenvalue weighted by Gasteiger charge is 2.22. The Labute approximate surface area is 81.8 Å². The minimum Gasteiger partial charge on any atom is -0.344 e. The van der Waals surface area contributed by atoms with Crippen LogP contribution in [-0.2, 0) is 0 Å². The Hall–Kier alpha value is -1.43. The maximum absolute atomic E-state index is 11.6. The molecule has 1 amide bonds. The molecule has 1 aromatic heterocycles. The van der Waals surface area contributed by atoms with E-state index < -0.39 is 5.54 Å². The molecule has 3 N–H and O–H groups in total. The van der Waals surface area contributed by atoms with Crippen LogP contribution in [-0.4, -0.2) is 28.3 Å². The first-order valence-corrected chi connectivity index (χ1v) is 4.28. The minimum atomic E-state index is -0.456. The first-order chi connectivity index (χ1) is 6.46. The van der Waals surface area contributed by atoms with Crippen LogP contribution >= 0.6 is 0 Å². The predicted molar refractivity (Wildman–Crippen MR) is 49.6 cm³/mol. The number of hydrogen-bond donors (Lipinski definition) is 2. The van der Waals surface area contributed by atoms with Crippen molar-refractivity contribution in [2.45, 2.75) is 26.3 Å². The molecule has 0 aliphatic carbocycles. The Bertz CT molecular complexity index is 332. The molecular formula is C8H14N4O2. The normalized spacial score (nSPS) is 11.4. The van der Waals surface area contributed by atoms with Crippen molar-refractivity contribution >= 4 is 5.91 Å². The van der Waals surface area contributed by atoms with Gasteiger partial charge in [-0.25, -0.2) is 4.63 Å². The topological polar surface area (TPSA) is 94.0 Å². The predicted octanol–water partition coefficient (Wildman–Crippen LogP) is -0.155. The molecule has 0 unspecified atom stereocenters. The lowest BCUT2D eigenvalue weighted by Crippen LogP contribution is -2.49. The number of carbonyl (C=O) groups is 1. The van der Waals surface area contributed by atoms with E-state index in [2.05, 4.69) is 20.3 Å². The van der Waals surface area contributed by atoms with Gasteiger partial charge in [-0.3, -0.25) is 4.79 Å². The quantitative estimate of drug-likeness (QED) is 0.704. The van der Waals surface area contributed by atoms with Gasteiger partial charge in [0, 0.05) is 12.1 Å². The van der Waals surface area contributed by atoms with Crippen molar-refractivity contribution in [3.8, 4) is 0 Å². The summed E-state index contributed by atoms with van der Waals surface area (Å²) in [5.74, 6) is -0.320. The van der Waals surface area contributed by atoms with Gasteiger partial charge >= 0.3 is 0 Å². The third-order valence-electron chi connectivity index (χ3n) is 1.83. The van der Waals surface area contributed by atoms with Gasteiger partial charge in [0.1, 0.15) is 5.69 Å². The molecule has 1 heterocycles. The van der Waals surface area contributed by atoms with E-state index in [1.54, 1.807) is 6.92 Å². The van der Waals surface area contributed by atoms with Crippen molar-refractivity contribution in [1.29, 1.82) is 0 Å². The Morgan fingerprint density at radius 3 is 2.64 bits per heavy atom. The lowest BCUT2D eigenvalue weighted by molar-refractivity contribution is 0.0905. The van der Waals surface area contributed by atoms with Gasteiger partial charge in [0.05, 0.1) is 0 Å². The summed E-state index contributed by atoms with van der Waals surface area (Å²) in [5.41, 5.74) is 5.68. The number of nitrogens with two attached hydrogens (primary N) is 1. The first-order valence-electron chi connectivity index (χ1n) is 4.28. The number of amides is 1. The van der Waals surface area contributed by atoms with E-state index >= 15 is 0 Å². The van der Waals surface area contributed by atoms with Gasteiger partial charge in [-0.2, -0.15) is 0 Å². The fraction of sp³-hybridized carbons (Fsp3) is 0.625. The number of nitrogens with one attached hydrogen (secondary N) is 1. The molecule has 14 heavy (non-hydrogen) atoms. The highest BCUT2D eigenvalue weighted by molar-refractivity contribution is 5.93. The summed E-state index contributed by atoms with van der Waals surface area (Å²) in [6.45, 7) is 5.66. The number of aromatic nitrogens is 2. The number of aryl methyl sites for hydroxylation is 1. The second-order valence-corrected chi connectivity index (χ2v) is 3.74. The maximum Gasteiger partial charge on any atom is 0.275 e. The largest absolute Gasteiger partial charge is 0.344 e. The summed E-state index contributed by atoms with van der Waals surface area (Å²) in [6, 6.07) is 0. The van der Waals surface area contributed by atoms with Crippen LogP contribution in [0.5, 0.6) is 0 Å². The van der Waals surface area contributed by atoms with E-state index in [9.17, 15) is 4.79 Å². The molecule has 6 heteroatoms. The van der Waals surface area contributed by atoms with Crippen molar-refractivity contribution in [1.82, 2.24) is 15.6 Å². The Balaban J connectivity index is 2.73. The number of hydrogen-bond acceptors (Lipinski definition) is 5. The van der Waals surface area contributed by atoms with Gasteiger partial charge in [0.15, 0.2) is 5.69 Å². The molecule has 0 saturated carbocycles. The lowest BCUT2D eigenvalue weighted by Gasteiger charge is -2.23. The molecule has 0 aliphatic rings. The molecular weight excluding hydrogens is 184 g/mol. The highest BCUT2D eigenvalue weighted by Crippen LogP contribution is 2.04. The molecule has 0 fully saturated rings. The number of carbonyl (C=O) groups excluding carboxylic acids is 1. The van der Waals surface area contributed by atoms with E-state index in [4.69, 9.17) is 5.73 Å². The van der Waals surface area contributed by atoms with Crippen LogP contribution in [0.4, 0.5) is 0 Å². The molecule has 6 nitrogen and oxygen atoms in total. The zero-order chi connectivity index (χ0) is 10.8. The highest BCUT2D eigenvalue weighted by atomic mass is 16.6. The van der Waals surface area contributed by atoms with Gasteiger partial charge in [0.25, 0.3) is 5.91 Å². The molecule has 0 aromatic carbocycles. The van der Waals surface area contributed by atoms with Crippen LogP contribution in [0.1, 0.15) is 30.0 Å². The molecule has 78 valence electrons. The number of nitrogens with zero attached hydrogens (tertiary/aromatic N) is 2. The van der Waals surface area contributed by atoms with Crippen molar-refractivity contribution in [2.75, 3.05) is 6.54 Å². The van der Waals surface area contributed by atoms with Crippen LogP contribution in [0.3, 0.4) is 0 Å². The van der Waals surface area contributed by atoms with Crippen LogP contribution in [0, 0.1) is 6.92 Å². The maximum atomic E-state index is 11.6. The summed E-state index contributed by atoms with van der Waals surface area (Å²) in [6.07, 6.45) is 0. The van der Waals surface area contributed by atoms with Crippen molar-refractivity contribution in [2.24, 2.45) is 5.73 Å². The average Bonchev–Trinajstić information content (AvgIpc) is 2.51. The van der Waals surface area contributed by atoms with E-state index in [1.165, 1.54) is 0 Å². The molecule has 0 bridgehead atoms. The van der Waals surface area contributed by atoms with Crippen LogP contribution in [0.25, 0.3) is 0 Å². The van der Waals surface area contributed by atoms with E-state index in [0.29, 0.717) is 12.2 Å². The monoisotopic (exact) mass is 198 g/mol. The fourth-order valence-electron chi connectivity index (χ4n) is 0.855. The van der Waals surface area contributed by atoms with Crippen molar-refractivity contribution in [3.05, 3.63) is 11.4 Å². The number of rotatable bonds is 3. The third-order valence-corrected chi connectivity index (χ3v) is 1.83. The van der Waals surface area contributed by atoms with Gasteiger partial charge in [-0.05, 0) is 25.9 Å². The van der Waals surface area contributed by atoms with E-state index in [-0.39, 0.29) is 11.6 Å². The Morgan fingerprint density at radius 1 is 1.57 bits per heavy atom. The molecule has 0 atom stereocenters. The van der Waals surface area contributed by atoms with Gasteiger partial charge in [-0.1, -0.05) is 5.16 Å². The average molecular weight is 198 g/mol. The van der Waals surface area contributed by atoms with Crippen molar-refractivity contribution in [3.63, 3.8) is 0 Å². The second-order valence-electron chi connectivity index (χ2n) is 3.74. The van der Waals surface area contributed by atoms with Gasteiger partial charge in [0.2, 0.25) is 0 Å². The third kappa shape index (κ3) is 2.29. The summed E-state index contributed by atoms with van der Waals surface area (Å²) >= 11 is 0. The molecule has 0 saturated heterocycles. The zero-order valence-corrected chi connectivity index (χ0v) is 8.50. The second kappa shape index (κ2) is 3.75. The Kier molecular flexibility index (Phi) is 2.85. The summed E-state index contributed by atoms with van der Waals surface area (Å²) < 4.78 is 4.42. The molecule has 0 aliphatic heterocycles. The minimum absolute atomic E-state index is 0.200. The standard InChI is InChI=1S/C8H14N4O2/c1-5-6(12-14-11-5)7(13)10-8(2,3)4-9/h4,9H2,1-3H3,(H,10,13). The van der Waals surface area contributed by atoms with Crippen LogP contribution < -0.4 is 11.1 Å². The lowest BCUT2D eigenvalue weighted by atomic mass is 10.1.